The van der Waals surface area contributed by atoms with Crippen molar-refractivity contribution in [3.05, 3.63) is 24.3 Å². The van der Waals surface area contributed by atoms with Crippen LogP contribution in [0.25, 0.3) is 0 Å². The van der Waals surface area contributed by atoms with Gasteiger partial charge in [0.15, 0.2) is 6.79 Å². The fourth-order valence-corrected chi connectivity index (χ4v) is 2.12. The first-order chi connectivity index (χ1) is 10.8. The van der Waals surface area contributed by atoms with Gasteiger partial charge in [0.1, 0.15) is 11.4 Å². The van der Waals surface area contributed by atoms with Crippen molar-refractivity contribution >= 4 is 11.8 Å². The van der Waals surface area contributed by atoms with Crippen molar-refractivity contribution in [1.29, 1.82) is 0 Å². The summed E-state index contributed by atoms with van der Waals surface area (Å²) in [6.07, 6.45) is 1.66. The maximum absolute atomic E-state index is 11.7. The topological polar surface area (TPSA) is 68.8 Å². The Labute approximate surface area is 137 Å². The summed E-state index contributed by atoms with van der Waals surface area (Å²) < 4.78 is 15.5. The number of methoxy groups -OCH3 is 1. The number of carbonyl (C=O) groups excluding carboxylic acids is 1. The van der Waals surface area contributed by atoms with Gasteiger partial charge in [-0.15, -0.1) is 0 Å². The zero-order chi connectivity index (χ0) is 16.9. The minimum Gasteiger partial charge on any atom is -0.468 e. The van der Waals surface area contributed by atoms with E-state index in [1.165, 1.54) is 0 Å². The van der Waals surface area contributed by atoms with Crippen LogP contribution in [0.2, 0.25) is 0 Å². The molecule has 0 atom stereocenters. The molecule has 0 heterocycles. The zero-order valence-corrected chi connectivity index (χ0v) is 14.3. The summed E-state index contributed by atoms with van der Waals surface area (Å²) in [6.45, 7) is 6.33. The Morgan fingerprint density at radius 3 is 2.39 bits per heavy atom. The molecule has 0 aromatic heterocycles. The molecule has 1 aromatic rings. The Hall–Kier alpha value is -1.95. The largest absolute Gasteiger partial charge is 0.468 e. The summed E-state index contributed by atoms with van der Waals surface area (Å²) in [4.78, 5) is 11.7. The van der Waals surface area contributed by atoms with Crippen LogP contribution in [-0.2, 0) is 9.47 Å². The number of benzene rings is 1. The molecular weight excluding hydrogens is 296 g/mol. The monoisotopic (exact) mass is 322 g/mol. The number of anilines is 1. The quantitative estimate of drug-likeness (QED) is 0.755. The van der Waals surface area contributed by atoms with E-state index < -0.39 is 5.60 Å². The molecule has 23 heavy (non-hydrogen) atoms. The van der Waals surface area contributed by atoms with Crippen LogP contribution in [0, 0.1) is 0 Å². The van der Waals surface area contributed by atoms with Crippen LogP contribution in [-0.4, -0.2) is 37.7 Å². The molecule has 6 heteroatoms. The Balaban J connectivity index is 1.81. The number of rotatable bonds is 7. The lowest BCUT2D eigenvalue weighted by Gasteiger charge is -2.23. The van der Waals surface area contributed by atoms with Crippen molar-refractivity contribution in [3.63, 3.8) is 0 Å². The Morgan fingerprint density at radius 2 is 1.87 bits per heavy atom. The lowest BCUT2D eigenvalue weighted by Crippen LogP contribution is -2.40. The van der Waals surface area contributed by atoms with Crippen LogP contribution in [0.4, 0.5) is 10.5 Å². The first kappa shape index (κ1) is 17.4. The molecule has 0 unspecified atom stereocenters. The van der Waals surface area contributed by atoms with Crippen molar-refractivity contribution in [2.45, 2.75) is 44.8 Å². The molecule has 1 saturated carbocycles. The fraction of sp³-hybridized carbons (Fsp3) is 0.588. The van der Waals surface area contributed by atoms with Gasteiger partial charge in [-0.1, -0.05) is 0 Å². The molecule has 0 bridgehead atoms. The van der Waals surface area contributed by atoms with Crippen LogP contribution in [0.1, 0.15) is 33.6 Å². The highest BCUT2D eigenvalue weighted by molar-refractivity contribution is 5.68. The van der Waals surface area contributed by atoms with Crippen LogP contribution in [0.3, 0.4) is 0 Å². The van der Waals surface area contributed by atoms with E-state index in [-0.39, 0.29) is 18.4 Å². The average Bonchev–Trinajstić information content (AvgIpc) is 3.23. The van der Waals surface area contributed by atoms with E-state index in [0.717, 1.165) is 24.3 Å². The molecule has 1 aliphatic carbocycles. The zero-order valence-electron chi connectivity index (χ0n) is 14.3. The molecule has 1 amide bonds. The van der Waals surface area contributed by atoms with Gasteiger partial charge in [-0.2, -0.15) is 0 Å². The summed E-state index contributed by atoms with van der Waals surface area (Å²) in [5.41, 5.74) is 0.441. The maximum atomic E-state index is 11.7. The summed E-state index contributed by atoms with van der Waals surface area (Å²) in [7, 11) is 1.59. The highest BCUT2D eigenvalue weighted by Crippen LogP contribution is 2.38. The molecule has 1 aliphatic rings. The minimum atomic E-state index is -0.480. The van der Waals surface area contributed by atoms with Gasteiger partial charge in [0.25, 0.3) is 0 Å². The molecule has 0 radical (unpaired) electrons. The van der Waals surface area contributed by atoms with Gasteiger partial charge in [-0.25, -0.2) is 4.79 Å². The molecular formula is C17H26N2O4. The molecule has 2 rings (SSSR count). The van der Waals surface area contributed by atoms with E-state index in [1.54, 1.807) is 7.11 Å². The van der Waals surface area contributed by atoms with E-state index in [2.05, 4.69) is 10.6 Å². The molecule has 0 aliphatic heterocycles. The van der Waals surface area contributed by atoms with Gasteiger partial charge in [0.2, 0.25) is 0 Å². The van der Waals surface area contributed by atoms with Crippen LogP contribution in [0.15, 0.2) is 24.3 Å². The number of hydrogen-bond donors (Lipinski definition) is 2. The molecule has 6 nitrogen and oxygen atoms in total. The predicted octanol–water partition coefficient (Wildman–Crippen LogP) is 3.14. The normalized spacial score (nSPS) is 15.7. The fourth-order valence-electron chi connectivity index (χ4n) is 2.12. The Kier molecular flexibility index (Phi) is 5.36. The number of amides is 1. The van der Waals surface area contributed by atoms with Crippen molar-refractivity contribution in [2.75, 3.05) is 25.8 Å². The molecule has 2 N–H and O–H groups in total. The van der Waals surface area contributed by atoms with E-state index >= 15 is 0 Å². The molecule has 128 valence electrons. The predicted molar refractivity (Wildman–Crippen MR) is 88.8 cm³/mol. The lowest BCUT2D eigenvalue weighted by atomic mass is 10.2. The smallest absolute Gasteiger partial charge is 0.407 e. The second-order valence-corrected chi connectivity index (χ2v) is 6.84. The van der Waals surface area contributed by atoms with Gasteiger partial charge in [0, 0.05) is 19.3 Å². The molecule has 1 aromatic carbocycles. The van der Waals surface area contributed by atoms with E-state index in [1.807, 2.05) is 45.0 Å². The van der Waals surface area contributed by atoms with Crippen LogP contribution >= 0.6 is 0 Å². The van der Waals surface area contributed by atoms with Crippen molar-refractivity contribution in [1.82, 2.24) is 5.32 Å². The highest BCUT2D eigenvalue weighted by atomic mass is 16.7. The van der Waals surface area contributed by atoms with Gasteiger partial charge < -0.3 is 24.8 Å². The number of ether oxygens (including phenoxy) is 3. The van der Waals surface area contributed by atoms with E-state index in [9.17, 15) is 4.79 Å². The second-order valence-electron chi connectivity index (χ2n) is 6.84. The Morgan fingerprint density at radius 1 is 1.22 bits per heavy atom. The average molecular weight is 322 g/mol. The van der Waals surface area contributed by atoms with Gasteiger partial charge in [-0.05, 0) is 57.9 Å². The van der Waals surface area contributed by atoms with Crippen molar-refractivity contribution in [3.8, 4) is 5.75 Å². The van der Waals surface area contributed by atoms with Gasteiger partial charge in [0.05, 0.1) is 5.54 Å². The maximum Gasteiger partial charge on any atom is 0.407 e. The minimum absolute atomic E-state index is 0.0776. The SMILES string of the molecule is COCOc1ccc(NC2(CNC(=O)OC(C)(C)C)CC2)cc1. The first-order valence-corrected chi connectivity index (χ1v) is 7.79. The lowest BCUT2D eigenvalue weighted by molar-refractivity contribution is 0.0510. The second kappa shape index (κ2) is 7.08. The highest BCUT2D eigenvalue weighted by Gasteiger charge is 2.43. The molecule has 1 fully saturated rings. The molecule has 0 spiro atoms. The van der Waals surface area contributed by atoms with Crippen molar-refractivity contribution in [2.24, 2.45) is 0 Å². The number of carbonyl (C=O) groups is 1. The summed E-state index contributed by atoms with van der Waals surface area (Å²) in [5, 5.41) is 6.31. The van der Waals surface area contributed by atoms with Crippen LogP contribution < -0.4 is 15.4 Å². The van der Waals surface area contributed by atoms with E-state index in [0.29, 0.717) is 6.54 Å². The third-order valence-electron chi connectivity index (χ3n) is 3.43. The van der Waals surface area contributed by atoms with Gasteiger partial charge >= 0.3 is 6.09 Å². The number of hydrogen-bond acceptors (Lipinski definition) is 5. The van der Waals surface area contributed by atoms with Crippen molar-refractivity contribution < 1.29 is 19.0 Å². The van der Waals surface area contributed by atoms with E-state index in [4.69, 9.17) is 14.2 Å². The first-order valence-electron chi connectivity index (χ1n) is 7.79. The summed E-state index contributed by atoms with van der Waals surface area (Å²) in [5.74, 6) is 0.758. The number of alkyl carbamates (subject to hydrolysis) is 1. The third-order valence-corrected chi connectivity index (χ3v) is 3.43. The summed E-state index contributed by atoms with van der Waals surface area (Å²) >= 11 is 0. The summed E-state index contributed by atoms with van der Waals surface area (Å²) in [6, 6.07) is 7.69. The molecule has 0 saturated heterocycles. The number of nitrogens with one attached hydrogen (secondary N) is 2. The standard InChI is InChI=1S/C17H26N2O4/c1-16(2,3)23-15(20)18-11-17(9-10-17)19-13-5-7-14(8-6-13)22-12-21-4/h5-8,19H,9-12H2,1-4H3,(H,18,20). The van der Waals surface area contributed by atoms with Crippen LogP contribution in [0.5, 0.6) is 5.75 Å². The van der Waals surface area contributed by atoms with Gasteiger partial charge in [-0.3, -0.25) is 0 Å². The Bertz CT molecular complexity index is 518. The third kappa shape index (κ3) is 5.98.